The van der Waals surface area contributed by atoms with Crippen molar-refractivity contribution in [3.8, 4) is 11.5 Å². The molecule has 192 valence electrons. The van der Waals surface area contributed by atoms with Gasteiger partial charge in [-0.15, -0.1) is 0 Å². The SMILES string of the molecule is CC(C)=CCc1cc(C(=O)Cc2cc3ccc(OCCCN(C)C(C)C)c(C)c3oc2=O)ccc1O. The van der Waals surface area contributed by atoms with Crippen molar-refractivity contribution in [2.45, 2.75) is 59.9 Å². The van der Waals surface area contributed by atoms with Crippen LogP contribution in [0.4, 0.5) is 0 Å². The lowest BCUT2D eigenvalue weighted by molar-refractivity contribution is 0.0992. The molecule has 0 aliphatic carbocycles. The van der Waals surface area contributed by atoms with Crippen LogP contribution in [-0.4, -0.2) is 42.0 Å². The predicted molar refractivity (Wildman–Crippen MR) is 144 cm³/mol. The molecule has 3 rings (SSSR count). The first kappa shape index (κ1) is 27.2. The number of hydrogen-bond donors (Lipinski definition) is 1. The van der Waals surface area contributed by atoms with Crippen molar-refractivity contribution in [1.29, 1.82) is 0 Å². The van der Waals surface area contributed by atoms with Crippen molar-refractivity contribution >= 4 is 16.8 Å². The number of aryl methyl sites for hydroxylation is 1. The molecule has 6 heteroatoms. The van der Waals surface area contributed by atoms with Crippen LogP contribution in [0.3, 0.4) is 0 Å². The molecule has 0 unspecified atom stereocenters. The molecule has 1 N–H and O–H groups in total. The van der Waals surface area contributed by atoms with Crippen LogP contribution < -0.4 is 10.4 Å². The Labute approximate surface area is 213 Å². The van der Waals surface area contributed by atoms with Gasteiger partial charge in [0.2, 0.25) is 0 Å². The lowest BCUT2D eigenvalue weighted by Crippen LogP contribution is -2.28. The van der Waals surface area contributed by atoms with Crippen LogP contribution in [0.2, 0.25) is 0 Å². The fraction of sp³-hybridized carbons (Fsp3) is 0.400. The van der Waals surface area contributed by atoms with Gasteiger partial charge in [-0.3, -0.25) is 4.79 Å². The van der Waals surface area contributed by atoms with Crippen LogP contribution in [0.25, 0.3) is 11.0 Å². The topological polar surface area (TPSA) is 80.0 Å². The van der Waals surface area contributed by atoms with E-state index in [1.165, 1.54) is 6.07 Å². The summed E-state index contributed by atoms with van der Waals surface area (Å²) in [5.41, 5.74) is 3.26. The third kappa shape index (κ3) is 6.85. The summed E-state index contributed by atoms with van der Waals surface area (Å²) in [5.74, 6) is 0.632. The molecule has 0 amide bonds. The van der Waals surface area contributed by atoms with Gasteiger partial charge in [-0.1, -0.05) is 11.6 Å². The number of fused-ring (bicyclic) bond motifs is 1. The molecule has 6 nitrogen and oxygen atoms in total. The second-order valence-electron chi connectivity index (χ2n) is 9.87. The second kappa shape index (κ2) is 12.0. The Kier molecular flexibility index (Phi) is 9.10. The summed E-state index contributed by atoms with van der Waals surface area (Å²) >= 11 is 0. The molecule has 0 aliphatic heterocycles. The molecule has 1 aromatic heterocycles. The average Bonchev–Trinajstić information content (AvgIpc) is 2.83. The average molecular weight is 492 g/mol. The minimum absolute atomic E-state index is 0.0776. The Morgan fingerprint density at radius 2 is 1.89 bits per heavy atom. The highest BCUT2D eigenvalue weighted by molar-refractivity contribution is 5.98. The van der Waals surface area contributed by atoms with Crippen LogP contribution >= 0.6 is 0 Å². The van der Waals surface area contributed by atoms with Gasteiger partial charge in [0.05, 0.1) is 6.61 Å². The van der Waals surface area contributed by atoms with E-state index >= 15 is 0 Å². The summed E-state index contributed by atoms with van der Waals surface area (Å²) in [4.78, 5) is 28.0. The van der Waals surface area contributed by atoms with Crippen LogP contribution in [-0.2, 0) is 12.8 Å². The van der Waals surface area contributed by atoms with Gasteiger partial charge in [-0.2, -0.15) is 0 Å². The molecule has 36 heavy (non-hydrogen) atoms. The van der Waals surface area contributed by atoms with E-state index in [1.54, 1.807) is 18.2 Å². The molecule has 3 aromatic rings. The quantitative estimate of drug-likeness (QED) is 0.157. The van der Waals surface area contributed by atoms with E-state index in [0.717, 1.165) is 29.5 Å². The molecule has 0 atom stereocenters. The standard InChI is InChI=1S/C30H37NO5/c1-19(2)8-9-22-16-23(10-12-26(22)32)27(33)18-25-17-24-11-13-28(21(5)29(24)36-30(25)34)35-15-7-14-31(6)20(3)4/h8,10-13,16-17,20,32H,7,9,14-15,18H2,1-6H3. The highest BCUT2D eigenvalue weighted by Crippen LogP contribution is 2.27. The summed E-state index contributed by atoms with van der Waals surface area (Å²) in [6.45, 7) is 11.7. The molecule has 1 heterocycles. The van der Waals surface area contributed by atoms with E-state index in [4.69, 9.17) is 9.15 Å². The van der Waals surface area contributed by atoms with Gasteiger partial charge < -0.3 is 19.2 Å². The molecule has 0 fully saturated rings. The van der Waals surface area contributed by atoms with Crippen molar-refractivity contribution in [3.05, 3.63) is 80.7 Å². The molecule has 0 bridgehead atoms. The lowest BCUT2D eigenvalue weighted by atomic mass is 9.99. The first-order chi connectivity index (χ1) is 17.1. The molecule has 0 radical (unpaired) electrons. The minimum atomic E-state index is -0.529. The Hall–Kier alpha value is -3.38. The summed E-state index contributed by atoms with van der Waals surface area (Å²) in [6.07, 6.45) is 3.34. The van der Waals surface area contributed by atoms with Crippen molar-refractivity contribution in [2.75, 3.05) is 20.2 Å². The van der Waals surface area contributed by atoms with E-state index in [9.17, 15) is 14.7 Å². The Bertz CT molecular complexity index is 1310. The number of hydrogen-bond acceptors (Lipinski definition) is 6. The maximum absolute atomic E-state index is 13.0. The maximum atomic E-state index is 13.0. The number of benzene rings is 2. The number of phenolic OH excluding ortho intramolecular Hbond substituents is 1. The summed E-state index contributed by atoms with van der Waals surface area (Å²) in [7, 11) is 2.09. The van der Waals surface area contributed by atoms with Gasteiger partial charge in [0, 0.05) is 41.1 Å². The van der Waals surface area contributed by atoms with Crippen LogP contribution in [0.1, 0.15) is 61.2 Å². The van der Waals surface area contributed by atoms with Crippen molar-refractivity contribution in [2.24, 2.45) is 0 Å². The molecule has 0 spiro atoms. The van der Waals surface area contributed by atoms with Crippen molar-refractivity contribution in [1.82, 2.24) is 4.90 Å². The largest absolute Gasteiger partial charge is 0.508 e. The zero-order valence-corrected chi connectivity index (χ0v) is 22.2. The first-order valence-corrected chi connectivity index (χ1v) is 12.4. The number of Topliss-reactive ketones (excluding diaryl/α,β-unsaturated/α-hetero) is 1. The number of ether oxygens (including phenoxy) is 1. The van der Waals surface area contributed by atoms with Gasteiger partial charge in [0.25, 0.3) is 0 Å². The highest BCUT2D eigenvalue weighted by Gasteiger charge is 2.16. The van der Waals surface area contributed by atoms with E-state index < -0.39 is 5.63 Å². The van der Waals surface area contributed by atoms with Gasteiger partial charge >= 0.3 is 5.63 Å². The van der Waals surface area contributed by atoms with Crippen LogP contribution in [0, 0.1) is 6.92 Å². The summed E-state index contributed by atoms with van der Waals surface area (Å²) in [5, 5.41) is 10.9. The summed E-state index contributed by atoms with van der Waals surface area (Å²) < 4.78 is 11.6. The zero-order valence-electron chi connectivity index (χ0n) is 22.2. The Balaban J connectivity index is 1.75. The van der Waals surface area contributed by atoms with E-state index in [0.29, 0.717) is 47.1 Å². The number of phenols is 1. The highest BCUT2D eigenvalue weighted by atomic mass is 16.5. The Morgan fingerprint density at radius 3 is 2.58 bits per heavy atom. The van der Waals surface area contributed by atoms with Crippen LogP contribution in [0.15, 0.2) is 57.3 Å². The first-order valence-electron chi connectivity index (χ1n) is 12.4. The molecule has 0 aliphatic rings. The van der Waals surface area contributed by atoms with Gasteiger partial charge in [0.1, 0.15) is 17.1 Å². The third-order valence-corrected chi connectivity index (χ3v) is 6.45. The molecular weight excluding hydrogens is 454 g/mol. The number of aromatic hydroxyl groups is 1. The molecule has 0 saturated heterocycles. The summed E-state index contributed by atoms with van der Waals surface area (Å²) in [6, 6.07) is 10.7. The molecule has 0 saturated carbocycles. The van der Waals surface area contributed by atoms with Crippen molar-refractivity contribution in [3.63, 3.8) is 0 Å². The number of carbonyl (C=O) groups excluding carboxylic acids is 1. The smallest absolute Gasteiger partial charge is 0.339 e. The molecule has 2 aromatic carbocycles. The minimum Gasteiger partial charge on any atom is -0.508 e. The van der Waals surface area contributed by atoms with E-state index in [1.807, 2.05) is 39.0 Å². The van der Waals surface area contributed by atoms with E-state index in [-0.39, 0.29) is 18.0 Å². The number of rotatable bonds is 11. The zero-order chi connectivity index (χ0) is 26.4. The second-order valence-corrected chi connectivity index (χ2v) is 9.87. The van der Waals surface area contributed by atoms with Crippen LogP contribution in [0.5, 0.6) is 11.5 Å². The third-order valence-electron chi connectivity index (χ3n) is 6.45. The fourth-order valence-corrected chi connectivity index (χ4v) is 3.89. The Morgan fingerprint density at radius 1 is 1.14 bits per heavy atom. The maximum Gasteiger partial charge on any atom is 0.339 e. The normalized spacial score (nSPS) is 11.3. The van der Waals surface area contributed by atoms with Gasteiger partial charge in [-0.25, -0.2) is 4.79 Å². The lowest BCUT2D eigenvalue weighted by Gasteiger charge is -2.20. The van der Waals surface area contributed by atoms with Gasteiger partial charge in [0.15, 0.2) is 5.78 Å². The number of allylic oxidation sites excluding steroid dienone is 2. The van der Waals surface area contributed by atoms with Gasteiger partial charge in [-0.05, 0) is 96.5 Å². The fourth-order valence-electron chi connectivity index (χ4n) is 3.89. The predicted octanol–water partition coefficient (Wildman–Crippen LogP) is 5.85. The monoisotopic (exact) mass is 491 g/mol. The number of ketones is 1. The van der Waals surface area contributed by atoms with Crippen molar-refractivity contribution < 1.29 is 19.1 Å². The number of nitrogens with zero attached hydrogens (tertiary/aromatic N) is 1. The number of carbonyl (C=O) groups is 1. The molecular formula is C30H37NO5. The van der Waals surface area contributed by atoms with E-state index in [2.05, 4.69) is 25.8 Å².